The minimum absolute atomic E-state index is 0.261. The van der Waals surface area contributed by atoms with Crippen molar-refractivity contribution in [3.63, 3.8) is 0 Å². The first-order chi connectivity index (χ1) is 7.16. The van der Waals surface area contributed by atoms with Gasteiger partial charge in [0.1, 0.15) is 0 Å². The second-order valence-corrected chi connectivity index (χ2v) is 3.99. The lowest BCUT2D eigenvalue weighted by atomic mass is 10.2. The van der Waals surface area contributed by atoms with Crippen LogP contribution in [0.4, 0.5) is 0 Å². The number of hydrogen-bond acceptors (Lipinski definition) is 2. The van der Waals surface area contributed by atoms with Gasteiger partial charge in [-0.15, -0.1) is 0 Å². The normalized spacial score (nSPS) is 10.5. The number of H-pyrrole nitrogens is 2. The molecule has 0 aliphatic carbocycles. The van der Waals surface area contributed by atoms with Gasteiger partial charge in [0.25, 0.3) is 0 Å². The number of hydrogen-bond donors (Lipinski definition) is 2. The van der Waals surface area contributed by atoms with E-state index < -0.39 is 11.4 Å². The summed E-state index contributed by atoms with van der Waals surface area (Å²) in [6.07, 6.45) is 0. The number of halogens is 1. The molecule has 0 radical (unpaired) electrons. The molecule has 0 aliphatic rings. The number of rotatable bonds is 2. The molecule has 2 aromatic rings. The van der Waals surface area contributed by atoms with E-state index in [0.717, 1.165) is 14.6 Å². The zero-order chi connectivity index (χ0) is 10.8. The first-order valence-corrected chi connectivity index (χ1v) is 5.08. The van der Waals surface area contributed by atoms with E-state index in [1.807, 2.05) is 24.3 Å². The van der Waals surface area contributed by atoms with Crippen LogP contribution in [0.15, 0.2) is 38.3 Å². The summed E-state index contributed by atoms with van der Waals surface area (Å²) >= 11 is 3.32. The monoisotopic (exact) mass is 269 g/mol. The lowest BCUT2D eigenvalue weighted by Crippen LogP contribution is -2.26. The average Bonchev–Trinajstić information content (AvgIpc) is 2.50. The Morgan fingerprint density at radius 1 is 1.20 bits per heavy atom. The van der Waals surface area contributed by atoms with Crippen molar-refractivity contribution in [1.82, 2.24) is 14.8 Å². The minimum atomic E-state index is -0.431. The van der Waals surface area contributed by atoms with Gasteiger partial charge in [0, 0.05) is 4.47 Å². The van der Waals surface area contributed by atoms with Crippen molar-refractivity contribution in [2.24, 2.45) is 0 Å². The molecule has 78 valence electrons. The molecule has 0 aliphatic heterocycles. The predicted octanol–water partition coefficient (Wildman–Crippen LogP) is 0.675. The molecule has 0 amide bonds. The van der Waals surface area contributed by atoms with Crippen molar-refractivity contribution in [3.05, 3.63) is 55.3 Å². The SMILES string of the molecule is O=c1[nH][nH]c(=O)n1Cc1cccc(Br)c1. The first kappa shape index (κ1) is 9.97. The Hall–Kier alpha value is -1.56. The number of aromatic amines is 2. The Balaban J connectivity index is 2.38. The number of nitrogens with one attached hydrogen (secondary N) is 2. The van der Waals surface area contributed by atoms with E-state index in [1.54, 1.807) is 0 Å². The molecule has 1 heterocycles. The van der Waals surface area contributed by atoms with Gasteiger partial charge in [-0.05, 0) is 17.7 Å². The molecule has 2 N–H and O–H groups in total. The van der Waals surface area contributed by atoms with Gasteiger partial charge in [0.05, 0.1) is 6.54 Å². The zero-order valence-corrected chi connectivity index (χ0v) is 9.24. The van der Waals surface area contributed by atoms with E-state index in [0.29, 0.717) is 0 Å². The zero-order valence-electron chi connectivity index (χ0n) is 7.66. The van der Waals surface area contributed by atoms with Crippen LogP contribution in [0, 0.1) is 0 Å². The molecule has 0 bridgehead atoms. The second-order valence-electron chi connectivity index (χ2n) is 3.08. The maximum absolute atomic E-state index is 11.2. The maximum Gasteiger partial charge on any atom is 0.344 e. The van der Waals surface area contributed by atoms with Gasteiger partial charge in [-0.25, -0.2) is 24.4 Å². The molecule has 6 heteroatoms. The van der Waals surface area contributed by atoms with Crippen molar-refractivity contribution in [3.8, 4) is 0 Å². The molecule has 0 saturated carbocycles. The lowest BCUT2D eigenvalue weighted by Gasteiger charge is -2.00. The van der Waals surface area contributed by atoms with Crippen LogP contribution in [0.2, 0.25) is 0 Å². The van der Waals surface area contributed by atoms with Crippen LogP contribution < -0.4 is 11.4 Å². The highest BCUT2D eigenvalue weighted by Gasteiger charge is 2.03. The van der Waals surface area contributed by atoms with Crippen LogP contribution in [-0.2, 0) is 6.54 Å². The molecule has 15 heavy (non-hydrogen) atoms. The highest BCUT2D eigenvalue weighted by Crippen LogP contribution is 2.11. The standard InChI is InChI=1S/C9H8BrN3O2/c10-7-3-1-2-6(4-7)5-13-8(14)11-12-9(13)15/h1-4H,5H2,(H,11,14)(H,12,15). The van der Waals surface area contributed by atoms with Crippen molar-refractivity contribution in [1.29, 1.82) is 0 Å². The third-order valence-electron chi connectivity index (χ3n) is 2.00. The van der Waals surface area contributed by atoms with Crippen LogP contribution in [0.25, 0.3) is 0 Å². The number of benzene rings is 1. The van der Waals surface area contributed by atoms with Crippen LogP contribution in [-0.4, -0.2) is 14.8 Å². The van der Waals surface area contributed by atoms with Crippen molar-refractivity contribution in [2.45, 2.75) is 6.54 Å². The summed E-state index contributed by atoms with van der Waals surface area (Å²) in [5.41, 5.74) is 0.0246. The van der Waals surface area contributed by atoms with Gasteiger partial charge in [0.15, 0.2) is 0 Å². The topological polar surface area (TPSA) is 70.7 Å². The van der Waals surface area contributed by atoms with Crippen molar-refractivity contribution < 1.29 is 0 Å². The summed E-state index contributed by atoms with van der Waals surface area (Å²) in [6.45, 7) is 0.261. The molecular formula is C9H8BrN3O2. The maximum atomic E-state index is 11.2. The molecule has 0 unspecified atom stereocenters. The van der Waals surface area contributed by atoms with E-state index in [-0.39, 0.29) is 6.54 Å². The summed E-state index contributed by atoms with van der Waals surface area (Å²) < 4.78 is 2.02. The lowest BCUT2D eigenvalue weighted by molar-refractivity contribution is 0.733. The van der Waals surface area contributed by atoms with Crippen LogP contribution >= 0.6 is 15.9 Å². The minimum Gasteiger partial charge on any atom is -0.247 e. The van der Waals surface area contributed by atoms with Crippen LogP contribution in [0.5, 0.6) is 0 Å². The van der Waals surface area contributed by atoms with E-state index in [4.69, 9.17) is 0 Å². The largest absolute Gasteiger partial charge is 0.344 e. The van der Waals surface area contributed by atoms with Gasteiger partial charge in [0.2, 0.25) is 0 Å². The molecule has 0 fully saturated rings. The highest BCUT2D eigenvalue weighted by atomic mass is 79.9. The molecule has 2 rings (SSSR count). The van der Waals surface area contributed by atoms with Crippen LogP contribution in [0.3, 0.4) is 0 Å². The van der Waals surface area contributed by atoms with Gasteiger partial charge >= 0.3 is 11.4 Å². The molecular weight excluding hydrogens is 262 g/mol. The van der Waals surface area contributed by atoms with Gasteiger partial charge in [-0.3, -0.25) is 0 Å². The summed E-state index contributed by atoms with van der Waals surface area (Å²) in [5.74, 6) is 0. The fourth-order valence-corrected chi connectivity index (χ4v) is 1.74. The quantitative estimate of drug-likeness (QED) is 0.842. The number of aromatic nitrogens is 3. The van der Waals surface area contributed by atoms with E-state index in [2.05, 4.69) is 26.1 Å². The Labute approximate surface area is 92.9 Å². The molecule has 1 aromatic heterocycles. The third kappa shape index (κ3) is 2.10. The molecule has 1 aromatic carbocycles. The Morgan fingerprint density at radius 2 is 1.87 bits per heavy atom. The first-order valence-electron chi connectivity index (χ1n) is 4.29. The van der Waals surface area contributed by atoms with E-state index in [1.165, 1.54) is 0 Å². The number of nitrogens with zero attached hydrogens (tertiary/aromatic N) is 1. The van der Waals surface area contributed by atoms with Gasteiger partial charge < -0.3 is 0 Å². The molecule has 0 saturated heterocycles. The summed E-state index contributed by atoms with van der Waals surface area (Å²) in [5, 5.41) is 4.46. The second kappa shape index (κ2) is 3.90. The van der Waals surface area contributed by atoms with Crippen molar-refractivity contribution >= 4 is 15.9 Å². The summed E-state index contributed by atoms with van der Waals surface area (Å²) in [6, 6.07) is 7.45. The Bertz CT molecular complexity index is 554. The van der Waals surface area contributed by atoms with E-state index >= 15 is 0 Å². The highest BCUT2D eigenvalue weighted by molar-refractivity contribution is 9.10. The van der Waals surface area contributed by atoms with Gasteiger partial charge in [-0.1, -0.05) is 28.1 Å². The third-order valence-corrected chi connectivity index (χ3v) is 2.49. The molecule has 0 spiro atoms. The Kier molecular flexibility index (Phi) is 2.59. The predicted molar refractivity (Wildman–Crippen MR) is 58.9 cm³/mol. The summed E-state index contributed by atoms with van der Waals surface area (Å²) in [4.78, 5) is 22.4. The van der Waals surface area contributed by atoms with Crippen molar-refractivity contribution in [2.75, 3.05) is 0 Å². The molecule has 0 atom stereocenters. The molecule has 5 nitrogen and oxygen atoms in total. The smallest absolute Gasteiger partial charge is 0.247 e. The summed E-state index contributed by atoms with van der Waals surface area (Å²) in [7, 11) is 0. The average molecular weight is 270 g/mol. The van der Waals surface area contributed by atoms with E-state index in [9.17, 15) is 9.59 Å². The van der Waals surface area contributed by atoms with Gasteiger partial charge in [-0.2, -0.15) is 0 Å². The fraction of sp³-hybridized carbons (Fsp3) is 0.111. The fourth-order valence-electron chi connectivity index (χ4n) is 1.30. The van der Waals surface area contributed by atoms with Crippen LogP contribution in [0.1, 0.15) is 5.56 Å². The Morgan fingerprint density at radius 3 is 2.47 bits per heavy atom.